The average Bonchev–Trinajstić information content (AvgIpc) is 3.62. The van der Waals surface area contributed by atoms with Crippen LogP contribution in [0.2, 0.25) is 0 Å². The van der Waals surface area contributed by atoms with Crippen LogP contribution in [0, 0.1) is 17.3 Å². The first kappa shape index (κ1) is 49.8. The summed E-state index contributed by atoms with van der Waals surface area (Å²) in [7, 11) is 3.29. The molecule has 1 aromatic rings. The van der Waals surface area contributed by atoms with Crippen LogP contribution < -0.4 is 42.5 Å². The number of fused-ring (bicyclic) bond motifs is 1. The van der Waals surface area contributed by atoms with E-state index >= 15 is 0 Å². The SMILES string of the molecule is CN[C@@H](C)C(=O)N[C@H](C(=O)N1C[C@@H](NC(=O)CC[C@@H](NC(=O)[C@H](NC(=O)[C@@H](C)NC)C(C)C)C(=O)N[C@@H](C)C(C)C)C[C@H]1C(=O)N[C@@H]1CCCc2ccccc21)C(C)(C)C. The van der Waals surface area contributed by atoms with E-state index in [1.807, 2.05) is 59.7 Å². The van der Waals surface area contributed by atoms with E-state index in [1.165, 1.54) is 10.5 Å². The maximum atomic E-state index is 14.5. The molecule has 1 aliphatic carbocycles. The van der Waals surface area contributed by atoms with Gasteiger partial charge in [0.1, 0.15) is 24.2 Å². The van der Waals surface area contributed by atoms with Gasteiger partial charge < -0.3 is 47.4 Å². The number of carbonyl (C=O) groups is 7. The van der Waals surface area contributed by atoms with Gasteiger partial charge in [-0.3, -0.25) is 33.6 Å². The number of hydrogen-bond acceptors (Lipinski definition) is 9. The van der Waals surface area contributed by atoms with Crippen molar-refractivity contribution in [1.29, 1.82) is 0 Å². The van der Waals surface area contributed by atoms with Crippen LogP contribution in [0.1, 0.15) is 119 Å². The minimum absolute atomic E-state index is 0.0152. The summed E-state index contributed by atoms with van der Waals surface area (Å²) < 4.78 is 0. The first-order valence-corrected chi connectivity index (χ1v) is 21.6. The van der Waals surface area contributed by atoms with Gasteiger partial charge in [0.25, 0.3) is 0 Å². The maximum Gasteiger partial charge on any atom is 0.246 e. The molecule has 16 heteroatoms. The highest BCUT2D eigenvalue weighted by Gasteiger charge is 2.46. The third kappa shape index (κ3) is 13.7. The number of aryl methyl sites for hydroxylation is 1. The van der Waals surface area contributed by atoms with Crippen LogP contribution in [0.4, 0.5) is 0 Å². The van der Waals surface area contributed by atoms with Crippen molar-refractivity contribution < 1.29 is 33.6 Å². The molecule has 0 bridgehead atoms. The third-order valence-corrected chi connectivity index (χ3v) is 11.9. The van der Waals surface area contributed by atoms with Crippen LogP contribution in [0.3, 0.4) is 0 Å². The van der Waals surface area contributed by atoms with Gasteiger partial charge in [0, 0.05) is 25.0 Å². The van der Waals surface area contributed by atoms with Gasteiger partial charge in [0.15, 0.2) is 0 Å². The van der Waals surface area contributed by atoms with Crippen molar-refractivity contribution in [2.75, 3.05) is 20.6 Å². The molecule has 1 heterocycles. The first-order valence-electron chi connectivity index (χ1n) is 21.6. The molecule has 336 valence electrons. The number of likely N-dealkylation sites (tertiary alicyclic amines) is 1. The van der Waals surface area contributed by atoms with Crippen molar-refractivity contribution in [2.24, 2.45) is 17.3 Å². The number of nitrogens with zero attached hydrogens (tertiary/aromatic N) is 1. The summed E-state index contributed by atoms with van der Waals surface area (Å²) in [6.07, 6.45) is 2.47. The molecule has 0 radical (unpaired) electrons. The number of nitrogens with one attached hydrogen (secondary N) is 8. The summed E-state index contributed by atoms with van der Waals surface area (Å²) in [6.45, 7) is 18.2. The molecule has 8 N–H and O–H groups in total. The molecule has 0 aromatic heterocycles. The number of hydrogen-bond donors (Lipinski definition) is 8. The second kappa shape index (κ2) is 22.3. The van der Waals surface area contributed by atoms with Gasteiger partial charge in [-0.2, -0.15) is 0 Å². The van der Waals surface area contributed by atoms with Crippen LogP contribution in [0.25, 0.3) is 0 Å². The molecule has 1 aromatic carbocycles. The van der Waals surface area contributed by atoms with E-state index in [4.69, 9.17) is 0 Å². The van der Waals surface area contributed by atoms with Crippen LogP contribution in [0.15, 0.2) is 24.3 Å². The lowest BCUT2D eigenvalue weighted by molar-refractivity contribution is -0.144. The summed E-state index contributed by atoms with van der Waals surface area (Å²) in [4.78, 5) is 96.9. The summed E-state index contributed by atoms with van der Waals surface area (Å²) in [6, 6.07) is 1.84. The van der Waals surface area contributed by atoms with Crippen molar-refractivity contribution in [3.63, 3.8) is 0 Å². The maximum absolute atomic E-state index is 14.5. The van der Waals surface area contributed by atoms with Crippen LogP contribution in [-0.4, -0.2) is 115 Å². The topological polar surface area (TPSA) is 219 Å². The highest BCUT2D eigenvalue weighted by atomic mass is 16.2. The van der Waals surface area contributed by atoms with Gasteiger partial charge >= 0.3 is 0 Å². The summed E-state index contributed by atoms with van der Waals surface area (Å²) >= 11 is 0. The van der Waals surface area contributed by atoms with Gasteiger partial charge in [-0.25, -0.2) is 0 Å². The molecule has 1 saturated heterocycles. The quantitative estimate of drug-likeness (QED) is 0.101. The molecular formula is C44H73N9O7. The molecular weight excluding hydrogens is 767 g/mol. The Morgan fingerprint density at radius 2 is 1.37 bits per heavy atom. The fourth-order valence-corrected chi connectivity index (χ4v) is 7.36. The average molecular weight is 840 g/mol. The zero-order chi connectivity index (χ0) is 45.1. The van der Waals surface area contributed by atoms with Gasteiger partial charge in [-0.1, -0.05) is 72.7 Å². The standard InChI is InChI=1S/C44H73N9O7/c1-24(2)26(5)47-40(57)33(50-42(59)36(25(3)4)51-38(55)27(6)45-11)20-21-35(54)48-30-22-34(41(58)49-32-19-15-17-29-16-13-14-18-31(29)32)53(23-30)43(60)37(44(8,9)10)52-39(56)28(7)46-12/h13-14,16,18,24-28,30,32-34,36-37,45-46H,15,17,19-23H2,1-12H3,(H,47,57)(H,48,54)(H,49,58)(H,50,59)(H,51,55)(H,52,56)/t26-,27+,28-,30-,32+,33+,34-,36+,37+/m0/s1. The third-order valence-electron chi connectivity index (χ3n) is 11.9. The number of rotatable bonds is 19. The van der Waals surface area contributed by atoms with E-state index in [1.54, 1.807) is 41.8 Å². The zero-order valence-electron chi connectivity index (χ0n) is 37.9. The molecule has 3 rings (SSSR count). The lowest BCUT2D eigenvalue weighted by Gasteiger charge is -2.36. The fraction of sp³-hybridized carbons (Fsp3) is 0.705. The monoisotopic (exact) mass is 840 g/mol. The predicted molar refractivity (Wildman–Crippen MR) is 231 cm³/mol. The minimum atomic E-state index is -1.10. The Morgan fingerprint density at radius 1 is 0.750 bits per heavy atom. The molecule has 7 amide bonds. The number of likely N-dealkylation sites (N-methyl/N-ethyl adjacent to an activating group) is 2. The Hall–Kier alpha value is -4.57. The molecule has 0 unspecified atom stereocenters. The second-order valence-corrected chi connectivity index (χ2v) is 18.4. The molecule has 0 spiro atoms. The fourth-order valence-electron chi connectivity index (χ4n) is 7.36. The Labute approximate surface area is 357 Å². The van der Waals surface area contributed by atoms with Crippen molar-refractivity contribution in [3.05, 3.63) is 35.4 Å². The van der Waals surface area contributed by atoms with E-state index in [9.17, 15) is 33.6 Å². The summed E-state index contributed by atoms with van der Waals surface area (Å²) in [5.74, 6) is -3.17. The normalized spacial score (nSPS) is 20.8. The van der Waals surface area contributed by atoms with Crippen LogP contribution in [-0.2, 0) is 40.0 Å². The largest absolute Gasteiger partial charge is 0.352 e. The summed E-state index contributed by atoms with van der Waals surface area (Å²) in [5, 5.41) is 23.3. The van der Waals surface area contributed by atoms with Gasteiger partial charge in [0.2, 0.25) is 41.4 Å². The lowest BCUT2D eigenvalue weighted by Crippen LogP contribution is -2.59. The Balaban J connectivity index is 1.85. The van der Waals surface area contributed by atoms with Gasteiger partial charge in [-0.15, -0.1) is 0 Å². The van der Waals surface area contributed by atoms with Crippen LogP contribution >= 0.6 is 0 Å². The Kier molecular flexibility index (Phi) is 18.5. The van der Waals surface area contributed by atoms with Gasteiger partial charge in [-0.05, 0) is 95.3 Å². The molecule has 2 aliphatic rings. The molecule has 60 heavy (non-hydrogen) atoms. The zero-order valence-corrected chi connectivity index (χ0v) is 37.9. The van der Waals surface area contributed by atoms with Crippen LogP contribution in [0.5, 0.6) is 0 Å². The molecule has 0 saturated carbocycles. The number of carbonyl (C=O) groups excluding carboxylic acids is 7. The van der Waals surface area contributed by atoms with Crippen molar-refractivity contribution >= 4 is 41.4 Å². The second-order valence-electron chi connectivity index (χ2n) is 18.4. The molecule has 1 fully saturated rings. The highest BCUT2D eigenvalue weighted by Crippen LogP contribution is 2.31. The van der Waals surface area contributed by atoms with E-state index in [-0.39, 0.29) is 67.4 Å². The van der Waals surface area contributed by atoms with E-state index in [0.717, 1.165) is 24.8 Å². The predicted octanol–water partition coefficient (Wildman–Crippen LogP) is 1.58. The Bertz CT molecular complexity index is 1680. The lowest BCUT2D eigenvalue weighted by atomic mass is 9.85. The van der Waals surface area contributed by atoms with Crippen molar-refractivity contribution in [3.8, 4) is 0 Å². The molecule has 16 nitrogen and oxygen atoms in total. The molecule has 9 atom stereocenters. The summed E-state index contributed by atoms with van der Waals surface area (Å²) in [5.41, 5.74) is 1.49. The minimum Gasteiger partial charge on any atom is -0.352 e. The highest BCUT2D eigenvalue weighted by molar-refractivity contribution is 5.95. The van der Waals surface area contributed by atoms with E-state index in [0.29, 0.717) is 0 Å². The van der Waals surface area contributed by atoms with E-state index < -0.39 is 71.3 Å². The Morgan fingerprint density at radius 3 is 1.95 bits per heavy atom. The number of amides is 7. The van der Waals surface area contributed by atoms with Crippen molar-refractivity contribution in [1.82, 2.24) is 47.4 Å². The van der Waals surface area contributed by atoms with E-state index in [2.05, 4.69) is 48.6 Å². The molecule has 1 aliphatic heterocycles. The number of benzene rings is 1. The van der Waals surface area contributed by atoms with Gasteiger partial charge in [0.05, 0.1) is 18.1 Å². The van der Waals surface area contributed by atoms with Crippen molar-refractivity contribution in [2.45, 2.75) is 162 Å². The smallest absolute Gasteiger partial charge is 0.246 e. The first-order chi connectivity index (χ1) is 28.1.